The Morgan fingerprint density at radius 1 is 0.828 bits per heavy atom. The number of aryl methyl sites for hydroxylation is 1. The minimum Gasteiger partial charge on any atom is -0.372 e. The van der Waals surface area contributed by atoms with Crippen molar-refractivity contribution in [1.82, 2.24) is 0 Å². The number of benzene rings is 2. The Balaban J connectivity index is 1.27. The summed E-state index contributed by atoms with van der Waals surface area (Å²) in [5.74, 6) is 0.159. The van der Waals surface area contributed by atoms with Gasteiger partial charge in [-0.1, -0.05) is 24.6 Å². The van der Waals surface area contributed by atoms with Crippen molar-refractivity contribution < 1.29 is 9.59 Å². The van der Waals surface area contributed by atoms with Gasteiger partial charge in [0.05, 0.1) is 11.8 Å². The maximum atomic E-state index is 12.5. The average molecular weight is 392 g/mol. The van der Waals surface area contributed by atoms with Gasteiger partial charge in [-0.15, -0.1) is 0 Å². The van der Waals surface area contributed by atoms with E-state index in [0.29, 0.717) is 6.42 Å². The molecule has 5 nitrogen and oxygen atoms in total. The molecule has 0 radical (unpaired) electrons. The molecule has 0 spiro atoms. The van der Waals surface area contributed by atoms with Crippen molar-refractivity contribution in [3.8, 4) is 0 Å². The van der Waals surface area contributed by atoms with E-state index in [9.17, 15) is 9.59 Å². The van der Waals surface area contributed by atoms with Crippen LogP contribution in [0.15, 0.2) is 48.5 Å². The minimum atomic E-state index is -0.247. The molecule has 2 N–H and O–H groups in total. The number of nitrogens with one attached hydrogen (secondary N) is 2. The molecule has 2 amide bonds. The Bertz CT molecular complexity index is 868. The summed E-state index contributed by atoms with van der Waals surface area (Å²) in [6.07, 6.45) is 3.06. The van der Waals surface area contributed by atoms with Gasteiger partial charge in [0.15, 0.2) is 0 Å². The second-order valence-corrected chi connectivity index (χ2v) is 8.51. The van der Waals surface area contributed by atoms with E-state index in [1.807, 2.05) is 43.3 Å². The highest BCUT2D eigenvalue weighted by Gasteiger charge is 2.48. The Morgan fingerprint density at radius 2 is 1.31 bits per heavy atom. The number of piperidine rings is 1. The molecule has 29 heavy (non-hydrogen) atoms. The number of carbonyl (C=O) groups excluding carboxylic acids is 2. The van der Waals surface area contributed by atoms with E-state index >= 15 is 0 Å². The number of nitrogens with zero attached hydrogens (tertiary/aromatic N) is 1. The van der Waals surface area contributed by atoms with Gasteiger partial charge >= 0.3 is 0 Å². The molecule has 1 saturated heterocycles. The normalized spacial score (nSPS) is 21.5. The van der Waals surface area contributed by atoms with Gasteiger partial charge in [-0.2, -0.15) is 0 Å². The first kappa shape index (κ1) is 19.5. The van der Waals surface area contributed by atoms with Gasteiger partial charge in [-0.25, -0.2) is 0 Å². The molecule has 1 aliphatic heterocycles. The number of rotatable bonds is 5. The number of anilines is 3. The maximum Gasteiger partial charge on any atom is 0.228 e. The van der Waals surface area contributed by atoms with Crippen LogP contribution in [-0.2, 0) is 9.59 Å². The van der Waals surface area contributed by atoms with Gasteiger partial charge in [-0.05, 0) is 68.5 Å². The average Bonchev–Trinajstić information content (AvgIpc) is 3.52. The molecule has 1 saturated carbocycles. The summed E-state index contributed by atoms with van der Waals surface area (Å²) in [6, 6.07) is 15.7. The smallest absolute Gasteiger partial charge is 0.228 e. The molecule has 0 bridgehead atoms. The quantitative estimate of drug-likeness (QED) is 0.792. The van der Waals surface area contributed by atoms with E-state index in [4.69, 9.17) is 0 Å². The summed E-state index contributed by atoms with van der Waals surface area (Å²) in [5, 5.41) is 5.86. The summed E-state index contributed by atoms with van der Waals surface area (Å²) in [5.41, 5.74) is 3.91. The molecule has 2 aromatic rings. The van der Waals surface area contributed by atoms with Crippen LogP contribution in [-0.4, -0.2) is 24.9 Å². The zero-order valence-corrected chi connectivity index (χ0v) is 17.2. The fourth-order valence-corrected chi connectivity index (χ4v) is 3.90. The third-order valence-corrected chi connectivity index (χ3v) is 6.07. The standard InChI is InChI=1S/C24H29N3O2/c1-16-3-5-18(6-4-16)25-23(28)21-15-22(21)24(29)26-19-7-9-20(10-8-19)27-13-11-17(2)12-14-27/h3-10,17,21-22H,11-15H2,1-2H3,(H,25,28)(H,26,29). The lowest BCUT2D eigenvalue weighted by atomic mass is 9.99. The second kappa shape index (κ2) is 8.27. The molecule has 4 rings (SSSR count). The fraction of sp³-hybridized carbons (Fsp3) is 0.417. The molecule has 2 aliphatic rings. The highest BCUT2D eigenvalue weighted by Crippen LogP contribution is 2.40. The molecular formula is C24H29N3O2. The summed E-state index contributed by atoms with van der Waals surface area (Å²) in [6.45, 7) is 6.49. The first-order chi connectivity index (χ1) is 14.0. The van der Waals surface area contributed by atoms with E-state index in [1.54, 1.807) is 0 Å². The van der Waals surface area contributed by atoms with Crippen molar-refractivity contribution in [2.45, 2.75) is 33.1 Å². The number of hydrogen-bond donors (Lipinski definition) is 2. The van der Waals surface area contributed by atoms with Crippen LogP contribution in [0.1, 0.15) is 31.7 Å². The molecule has 2 atom stereocenters. The fourth-order valence-electron chi connectivity index (χ4n) is 3.90. The van der Waals surface area contributed by atoms with Crippen LogP contribution >= 0.6 is 0 Å². The lowest BCUT2D eigenvalue weighted by molar-refractivity contribution is -0.122. The molecule has 1 aliphatic carbocycles. The van der Waals surface area contributed by atoms with E-state index in [2.05, 4.69) is 34.6 Å². The van der Waals surface area contributed by atoms with Crippen LogP contribution in [0.2, 0.25) is 0 Å². The summed E-state index contributed by atoms with van der Waals surface area (Å²) >= 11 is 0. The van der Waals surface area contributed by atoms with Crippen LogP contribution in [0.25, 0.3) is 0 Å². The molecule has 152 valence electrons. The predicted molar refractivity (Wildman–Crippen MR) is 117 cm³/mol. The van der Waals surface area contributed by atoms with E-state index < -0.39 is 0 Å². The van der Waals surface area contributed by atoms with Crippen molar-refractivity contribution in [1.29, 1.82) is 0 Å². The topological polar surface area (TPSA) is 61.4 Å². The predicted octanol–water partition coefficient (Wildman–Crippen LogP) is 4.44. The van der Waals surface area contributed by atoms with Gasteiger partial charge < -0.3 is 15.5 Å². The molecule has 2 unspecified atom stereocenters. The van der Waals surface area contributed by atoms with Crippen LogP contribution in [0, 0.1) is 24.7 Å². The van der Waals surface area contributed by atoms with E-state index in [-0.39, 0.29) is 23.7 Å². The molecular weight excluding hydrogens is 362 g/mol. The van der Waals surface area contributed by atoms with Crippen LogP contribution in [0.4, 0.5) is 17.1 Å². The van der Waals surface area contributed by atoms with Gasteiger partial charge in [0, 0.05) is 30.2 Å². The molecule has 2 fully saturated rings. The van der Waals surface area contributed by atoms with E-state index in [1.165, 1.54) is 18.5 Å². The minimum absolute atomic E-state index is 0.0754. The molecule has 1 heterocycles. The largest absolute Gasteiger partial charge is 0.372 e. The number of amides is 2. The summed E-state index contributed by atoms with van der Waals surface area (Å²) < 4.78 is 0. The Morgan fingerprint density at radius 3 is 1.83 bits per heavy atom. The van der Waals surface area contributed by atoms with Gasteiger partial charge in [-0.3, -0.25) is 9.59 Å². The molecule has 0 aromatic heterocycles. The highest BCUT2D eigenvalue weighted by molar-refractivity contribution is 6.03. The van der Waals surface area contributed by atoms with Crippen LogP contribution in [0.3, 0.4) is 0 Å². The van der Waals surface area contributed by atoms with Gasteiger partial charge in [0.1, 0.15) is 0 Å². The molecule has 5 heteroatoms. The third kappa shape index (κ3) is 4.78. The monoisotopic (exact) mass is 391 g/mol. The highest BCUT2D eigenvalue weighted by atomic mass is 16.2. The first-order valence-electron chi connectivity index (χ1n) is 10.5. The Kier molecular flexibility index (Phi) is 5.56. The second-order valence-electron chi connectivity index (χ2n) is 8.51. The van der Waals surface area contributed by atoms with Crippen molar-refractivity contribution in [3.63, 3.8) is 0 Å². The number of hydrogen-bond acceptors (Lipinski definition) is 3. The van der Waals surface area contributed by atoms with Crippen LogP contribution < -0.4 is 15.5 Å². The lowest BCUT2D eigenvalue weighted by Gasteiger charge is -2.32. The van der Waals surface area contributed by atoms with E-state index in [0.717, 1.165) is 35.9 Å². The Labute approximate surface area is 172 Å². The summed E-state index contributed by atoms with van der Waals surface area (Å²) in [7, 11) is 0. The van der Waals surface area contributed by atoms with Gasteiger partial charge in [0.2, 0.25) is 11.8 Å². The Hall–Kier alpha value is -2.82. The third-order valence-electron chi connectivity index (χ3n) is 6.07. The van der Waals surface area contributed by atoms with Crippen molar-refractivity contribution in [3.05, 3.63) is 54.1 Å². The van der Waals surface area contributed by atoms with Gasteiger partial charge in [0.25, 0.3) is 0 Å². The van der Waals surface area contributed by atoms with Crippen molar-refractivity contribution in [2.75, 3.05) is 28.6 Å². The molecule has 2 aromatic carbocycles. The zero-order chi connectivity index (χ0) is 20.4. The zero-order valence-electron chi connectivity index (χ0n) is 17.2. The van der Waals surface area contributed by atoms with Crippen molar-refractivity contribution >= 4 is 28.9 Å². The lowest BCUT2D eigenvalue weighted by Crippen LogP contribution is -2.32. The van der Waals surface area contributed by atoms with Crippen molar-refractivity contribution in [2.24, 2.45) is 17.8 Å². The first-order valence-corrected chi connectivity index (χ1v) is 10.5. The van der Waals surface area contributed by atoms with Crippen LogP contribution in [0.5, 0.6) is 0 Å². The number of carbonyl (C=O) groups is 2. The summed E-state index contributed by atoms with van der Waals surface area (Å²) in [4.78, 5) is 27.3. The SMILES string of the molecule is Cc1ccc(NC(=O)C2CC2C(=O)Nc2ccc(N3CCC(C)CC3)cc2)cc1. The maximum absolute atomic E-state index is 12.5.